The van der Waals surface area contributed by atoms with Gasteiger partial charge in [0.2, 0.25) is 0 Å². The van der Waals surface area contributed by atoms with Crippen LogP contribution in [0.2, 0.25) is 0 Å². The quantitative estimate of drug-likeness (QED) is 0.592. The Morgan fingerprint density at radius 2 is 1.15 bits per heavy atom. The molecular weight excluding hydrogens is 268 g/mol. The summed E-state index contributed by atoms with van der Waals surface area (Å²) in [5.41, 5.74) is 0. The van der Waals surface area contributed by atoms with Crippen molar-refractivity contribution in [2.75, 3.05) is 0 Å². The molecule has 0 saturated carbocycles. The summed E-state index contributed by atoms with van der Waals surface area (Å²) in [5, 5.41) is 0. The van der Waals surface area contributed by atoms with Crippen molar-refractivity contribution in [2.45, 2.75) is 32.4 Å². The van der Waals surface area contributed by atoms with Gasteiger partial charge in [-0.25, -0.2) is 0 Å². The van der Waals surface area contributed by atoms with Gasteiger partial charge in [-0.1, -0.05) is 24.3 Å². The van der Waals surface area contributed by atoms with Gasteiger partial charge < -0.3 is 0 Å². The van der Waals surface area contributed by atoms with Crippen LogP contribution < -0.4 is 0 Å². The first-order valence-corrected chi connectivity index (χ1v) is 3.97. The largest absolute Gasteiger partial charge is 0.379 e. The fraction of sp³-hybridized carbons (Fsp3) is 0.556. The van der Waals surface area contributed by atoms with E-state index >= 15 is 0 Å². The molecule has 0 heterocycles. The first-order chi connectivity index (χ1) is 5.73. The molecule has 0 N–H and O–H groups in total. The summed E-state index contributed by atoms with van der Waals surface area (Å²) in [5.74, 6) is 0. The summed E-state index contributed by atoms with van der Waals surface area (Å²) in [6.45, 7) is -3.67. The van der Waals surface area contributed by atoms with Crippen LogP contribution in [0.25, 0.3) is 0 Å². The molecule has 0 spiro atoms. The second-order valence-corrected chi connectivity index (χ2v) is 2.39. The topological polar surface area (TPSA) is 0 Å². The summed E-state index contributed by atoms with van der Waals surface area (Å²) in [4.78, 5) is 0. The molecule has 13 heavy (non-hydrogen) atoms. The first-order valence-electron chi connectivity index (χ1n) is 3.97. The van der Waals surface area contributed by atoms with Gasteiger partial charge in [0.05, 0.1) is 0 Å². The molecule has 0 aromatic heterocycles. The third-order valence-corrected chi connectivity index (χ3v) is 1.37. The molecule has 4 heteroatoms. The molecule has 1 aliphatic carbocycles. The maximum absolute atomic E-state index is 9.67. The number of halogens is 3. The van der Waals surface area contributed by atoms with E-state index in [0.717, 1.165) is 0 Å². The number of hydrogen-bond donors (Lipinski definition) is 0. The summed E-state index contributed by atoms with van der Waals surface area (Å²) in [6, 6.07) is 0. The van der Waals surface area contributed by atoms with E-state index in [-0.39, 0.29) is 19.5 Å². The van der Waals surface area contributed by atoms with Crippen LogP contribution in [0.3, 0.4) is 0 Å². The number of alkyl halides is 3. The molecule has 0 atom stereocenters. The summed E-state index contributed by atoms with van der Waals surface area (Å²) in [6.07, 6.45) is 14.0. The Morgan fingerprint density at radius 3 is 1.46 bits per heavy atom. The molecule has 0 aliphatic heterocycles. The number of rotatable bonds is 0. The van der Waals surface area contributed by atoms with Crippen LogP contribution in [0.1, 0.15) is 25.7 Å². The second-order valence-electron chi connectivity index (χ2n) is 2.39. The van der Waals surface area contributed by atoms with E-state index in [0.29, 0.717) is 0 Å². The Kier molecular flexibility index (Phi) is 14.1. The van der Waals surface area contributed by atoms with Gasteiger partial charge in [-0.05, 0) is 25.7 Å². The third kappa shape index (κ3) is 18.7. The van der Waals surface area contributed by atoms with Crippen LogP contribution in [-0.4, -0.2) is 6.68 Å². The minimum Gasteiger partial charge on any atom is -0.174 e. The molecule has 0 amide bonds. The van der Waals surface area contributed by atoms with Gasteiger partial charge in [-0.15, -0.1) is 0 Å². The maximum Gasteiger partial charge on any atom is 0.379 e. The summed E-state index contributed by atoms with van der Waals surface area (Å²) >= 11 is 0. The van der Waals surface area contributed by atoms with Gasteiger partial charge in [0, 0.05) is 19.5 Å². The van der Waals surface area contributed by atoms with Crippen molar-refractivity contribution in [3.05, 3.63) is 24.3 Å². The predicted octanol–water partition coefficient (Wildman–Crippen LogP) is 3.85. The Bertz CT molecular complexity index is 127. The Balaban J connectivity index is 0. The van der Waals surface area contributed by atoms with Crippen LogP contribution in [-0.2, 0) is 19.5 Å². The zero-order valence-electron chi connectivity index (χ0n) is 7.18. The minimum atomic E-state index is -3.67. The molecule has 0 unspecified atom stereocenters. The third-order valence-electron chi connectivity index (χ3n) is 1.37. The molecule has 0 fully saturated rings. The fourth-order valence-corrected chi connectivity index (χ4v) is 0.874. The standard InChI is InChI=1S/C8H12.CHF3.Rh/c1-2-4-6-8-7-5-3-1;2-1(3)4;/h1-4H,5-8H2;1H;. The molecule has 0 aromatic carbocycles. The van der Waals surface area contributed by atoms with E-state index in [1.807, 2.05) is 0 Å². The van der Waals surface area contributed by atoms with Crippen molar-refractivity contribution in [3.8, 4) is 0 Å². The molecule has 0 aromatic rings. The van der Waals surface area contributed by atoms with Crippen LogP contribution >= 0.6 is 0 Å². The molecular formula is C9H13F3Rh. The molecule has 79 valence electrons. The van der Waals surface area contributed by atoms with E-state index in [1.54, 1.807) is 0 Å². The van der Waals surface area contributed by atoms with Gasteiger partial charge in [-0.2, -0.15) is 13.2 Å². The fourth-order valence-electron chi connectivity index (χ4n) is 0.874. The molecule has 1 rings (SSSR count). The first kappa shape index (κ1) is 15.4. The van der Waals surface area contributed by atoms with Crippen molar-refractivity contribution < 1.29 is 32.6 Å². The Hall–Kier alpha value is -0.107. The van der Waals surface area contributed by atoms with Crippen LogP contribution in [0.4, 0.5) is 13.2 Å². The van der Waals surface area contributed by atoms with Crippen LogP contribution in [0, 0.1) is 0 Å². The van der Waals surface area contributed by atoms with Crippen molar-refractivity contribution in [1.29, 1.82) is 0 Å². The van der Waals surface area contributed by atoms with Crippen molar-refractivity contribution in [1.82, 2.24) is 0 Å². The van der Waals surface area contributed by atoms with Gasteiger partial charge in [0.1, 0.15) is 0 Å². The van der Waals surface area contributed by atoms with E-state index in [2.05, 4.69) is 24.3 Å². The van der Waals surface area contributed by atoms with Crippen LogP contribution in [0.5, 0.6) is 0 Å². The van der Waals surface area contributed by atoms with E-state index in [9.17, 15) is 13.2 Å². The summed E-state index contributed by atoms with van der Waals surface area (Å²) in [7, 11) is 0. The molecule has 1 radical (unpaired) electrons. The number of allylic oxidation sites excluding steroid dienone is 4. The Labute approximate surface area is 89.7 Å². The normalized spacial score (nSPS) is 15.1. The SMILES string of the molecule is C1=CCCCCC=C1.FC(F)F.[Rh]. The average molecular weight is 281 g/mol. The monoisotopic (exact) mass is 281 g/mol. The van der Waals surface area contributed by atoms with Crippen molar-refractivity contribution in [3.63, 3.8) is 0 Å². The van der Waals surface area contributed by atoms with Gasteiger partial charge in [0.25, 0.3) is 0 Å². The van der Waals surface area contributed by atoms with Crippen molar-refractivity contribution in [2.24, 2.45) is 0 Å². The predicted molar refractivity (Wildman–Crippen MR) is 43.9 cm³/mol. The van der Waals surface area contributed by atoms with Crippen LogP contribution in [0.15, 0.2) is 24.3 Å². The zero-order chi connectivity index (χ0) is 9.23. The van der Waals surface area contributed by atoms with E-state index < -0.39 is 6.68 Å². The maximum atomic E-state index is 9.67. The van der Waals surface area contributed by atoms with Gasteiger partial charge in [-0.3, -0.25) is 0 Å². The van der Waals surface area contributed by atoms with Crippen molar-refractivity contribution >= 4 is 0 Å². The average Bonchev–Trinajstić information content (AvgIpc) is 1.82. The van der Waals surface area contributed by atoms with E-state index in [1.165, 1.54) is 25.7 Å². The van der Waals surface area contributed by atoms with Gasteiger partial charge >= 0.3 is 6.68 Å². The molecule has 1 aliphatic rings. The minimum absolute atomic E-state index is 0. The summed E-state index contributed by atoms with van der Waals surface area (Å²) < 4.78 is 29.0. The van der Waals surface area contributed by atoms with Gasteiger partial charge in [0.15, 0.2) is 0 Å². The molecule has 0 nitrogen and oxygen atoms in total. The number of hydrogen-bond acceptors (Lipinski definition) is 0. The zero-order valence-corrected chi connectivity index (χ0v) is 8.82. The smallest absolute Gasteiger partial charge is 0.174 e. The van der Waals surface area contributed by atoms with E-state index in [4.69, 9.17) is 0 Å². The second kappa shape index (κ2) is 11.9. The Morgan fingerprint density at radius 1 is 0.846 bits per heavy atom. The molecule has 0 bridgehead atoms. The molecule has 0 saturated heterocycles.